The first-order valence-corrected chi connectivity index (χ1v) is 6.17. The van der Waals surface area contributed by atoms with Gasteiger partial charge in [-0.2, -0.15) is 0 Å². The summed E-state index contributed by atoms with van der Waals surface area (Å²) >= 11 is 5.99. The van der Waals surface area contributed by atoms with Crippen molar-refractivity contribution in [3.05, 3.63) is 47.5 Å². The Morgan fingerprint density at radius 1 is 0.789 bits per heavy atom. The molecule has 4 nitrogen and oxygen atoms in total. The molecular weight excluding hydrogens is 260 g/mol. The fourth-order valence-corrected chi connectivity index (χ4v) is 2.30. The van der Waals surface area contributed by atoms with Crippen molar-refractivity contribution in [2.24, 2.45) is 0 Å². The van der Waals surface area contributed by atoms with Crippen LogP contribution in [0.2, 0.25) is 5.02 Å². The van der Waals surface area contributed by atoms with Gasteiger partial charge in [0, 0.05) is 10.4 Å². The molecule has 0 saturated carbocycles. The zero-order valence-electron chi connectivity index (χ0n) is 9.71. The molecule has 0 spiro atoms. The third kappa shape index (κ3) is 1.61. The highest BCUT2D eigenvalue weighted by Gasteiger charge is 2.07. The summed E-state index contributed by atoms with van der Waals surface area (Å²) in [6.45, 7) is 0. The van der Waals surface area contributed by atoms with E-state index in [4.69, 9.17) is 11.6 Å². The topological polar surface area (TPSA) is 51.6 Å². The number of hydrogen-bond acceptors (Lipinski definition) is 4. The number of nitrogens with zero attached hydrogens (tertiary/aromatic N) is 4. The Balaban J connectivity index is 2.23. The molecule has 0 aliphatic heterocycles. The first-order valence-electron chi connectivity index (χ1n) is 5.80. The summed E-state index contributed by atoms with van der Waals surface area (Å²) < 4.78 is 0. The summed E-state index contributed by atoms with van der Waals surface area (Å²) in [5, 5.41) is 9.87. The Labute approximate surface area is 113 Å². The predicted octanol–water partition coefficient (Wildman–Crippen LogP) is 3.38. The van der Waals surface area contributed by atoms with Crippen molar-refractivity contribution in [3.63, 3.8) is 0 Å². The summed E-state index contributed by atoms with van der Waals surface area (Å²) in [6, 6.07) is 13.2. The van der Waals surface area contributed by atoms with Crippen LogP contribution in [0.25, 0.3) is 33.1 Å². The maximum atomic E-state index is 5.99. The highest BCUT2D eigenvalue weighted by molar-refractivity contribution is 6.31. The Bertz CT molecular complexity index is 936. The van der Waals surface area contributed by atoms with Gasteiger partial charge in [-0.25, -0.2) is 9.97 Å². The van der Waals surface area contributed by atoms with Crippen LogP contribution < -0.4 is 0 Å². The molecule has 19 heavy (non-hydrogen) atoms. The van der Waals surface area contributed by atoms with Gasteiger partial charge in [0.2, 0.25) is 5.65 Å². The molecule has 2 heterocycles. The smallest absolute Gasteiger partial charge is 0.201 e. The van der Waals surface area contributed by atoms with Crippen molar-refractivity contribution in [2.45, 2.75) is 0 Å². The molecule has 0 atom stereocenters. The van der Waals surface area contributed by atoms with Crippen LogP contribution in [-0.4, -0.2) is 20.2 Å². The highest BCUT2D eigenvalue weighted by Crippen LogP contribution is 2.23. The van der Waals surface area contributed by atoms with E-state index in [2.05, 4.69) is 20.2 Å². The minimum Gasteiger partial charge on any atom is -0.242 e. The second-order valence-electron chi connectivity index (χ2n) is 4.25. The quantitative estimate of drug-likeness (QED) is 0.362. The van der Waals surface area contributed by atoms with E-state index in [0.29, 0.717) is 10.7 Å². The largest absolute Gasteiger partial charge is 0.242 e. The van der Waals surface area contributed by atoms with Gasteiger partial charge in [-0.3, -0.25) is 0 Å². The number of benzene rings is 2. The van der Waals surface area contributed by atoms with E-state index < -0.39 is 0 Å². The minimum atomic E-state index is 0.550. The third-order valence-corrected chi connectivity index (χ3v) is 3.25. The molecule has 0 aliphatic rings. The zero-order valence-corrected chi connectivity index (χ0v) is 10.5. The van der Waals surface area contributed by atoms with Crippen molar-refractivity contribution in [3.8, 4) is 0 Å². The van der Waals surface area contributed by atoms with Gasteiger partial charge in [-0.1, -0.05) is 29.8 Å². The zero-order chi connectivity index (χ0) is 12.8. The molecule has 0 amide bonds. The molecule has 4 aromatic rings. The Hall–Kier alpha value is -2.33. The van der Waals surface area contributed by atoms with Gasteiger partial charge in [-0.15, -0.1) is 10.2 Å². The summed E-state index contributed by atoms with van der Waals surface area (Å²) in [5.74, 6) is 0. The van der Waals surface area contributed by atoms with E-state index >= 15 is 0 Å². The lowest BCUT2D eigenvalue weighted by molar-refractivity contribution is 1.09. The number of rotatable bonds is 0. The van der Waals surface area contributed by atoms with Gasteiger partial charge in [0.15, 0.2) is 0 Å². The maximum Gasteiger partial charge on any atom is 0.201 e. The first-order chi connectivity index (χ1) is 9.31. The second kappa shape index (κ2) is 3.83. The average molecular weight is 267 g/mol. The summed E-state index contributed by atoms with van der Waals surface area (Å²) in [6.07, 6.45) is 0. The van der Waals surface area contributed by atoms with Gasteiger partial charge < -0.3 is 0 Å². The maximum absolute atomic E-state index is 5.99. The lowest BCUT2D eigenvalue weighted by Gasteiger charge is -2.03. The van der Waals surface area contributed by atoms with Crippen LogP contribution in [0, 0.1) is 0 Å². The Morgan fingerprint density at radius 3 is 2.63 bits per heavy atom. The molecule has 0 saturated heterocycles. The average Bonchev–Trinajstić information content (AvgIpc) is 2.45. The third-order valence-electron chi connectivity index (χ3n) is 3.02. The van der Waals surface area contributed by atoms with E-state index in [0.717, 1.165) is 27.5 Å². The minimum absolute atomic E-state index is 0.550. The van der Waals surface area contributed by atoms with Gasteiger partial charge in [-0.05, 0) is 24.3 Å². The van der Waals surface area contributed by atoms with Crippen molar-refractivity contribution in [2.75, 3.05) is 0 Å². The molecule has 0 radical (unpaired) electrons. The monoisotopic (exact) mass is 266 g/mol. The van der Waals surface area contributed by atoms with Gasteiger partial charge in [0.1, 0.15) is 5.52 Å². The normalized spacial score (nSPS) is 11.4. The fraction of sp³-hybridized carbons (Fsp3) is 0. The first kappa shape index (κ1) is 10.6. The lowest BCUT2D eigenvalue weighted by Crippen LogP contribution is -1.94. The highest BCUT2D eigenvalue weighted by atomic mass is 35.5. The number of aromatic nitrogens is 4. The SMILES string of the molecule is Clc1ccc2nc3nnc4ccccc4c3nc2c1. The molecule has 0 aliphatic carbocycles. The predicted molar refractivity (Wildman–Crippen MR) is 75.2 cm³/mol. The van der Waals surface area contributed by atoms with Crippen molar-refractivity contribution < 1.29 is 0 Å². The molecule has 0 unspecified atom stereocenters. The van der Waals surface area contributed by atoms with Gasteiger partial charge in [0.25, 0.3) is 0 Å². The van der Waals surface area contributed by atoms with E-state index in [9.17, 15) is 0 Å². The molecule has 2 aromatic carbocycles. The molecule has 2 aromatic heterocycles. The molecule has 0 N–H and O–H groups in total. The lowest BCUT2D eigenvalue weighted by atomic mass is 10.2. The van der Waals surface area contributed by atoms with Crippen LogP contribution in [0.3, 0.4) is 0 Å². The van der Waals surface area contributed by atoms with Gasteiger partial charge >= 0.3 is 0 Å². The molecule has 90 valence electrons. The van der Waals surface area contributed by atoms with E-state index in [1.165, 1.54) is 0 Å². The van der Waals surface area contributed by atoms with E-state index in [-0.39, 0.29) is 0 Å². The molecule has 4 rings (SSSR count). The van der Waals surface area contributed by atoms with Crippen LogP contribution >= 0.6 is 11.6 Å². The fourth-order valence-electron chi connectivity index (χ4n) is 2.13. The van der Waals surface area contributed by atoms with E-state index in [1.807, 2.05) is 30.3 Å². The van der Waals surface area contributed by atoms with Crippen LogP contribution in [0.15, 0.2) is 42.5 Å². The Morgan fingerprint density at radius 2 is 1.68 bits per heavy atom. The number of halogens is 1. The molecule has 0 bridgehead atoms. The van der Waals surface area contributed by atoms with Crippen molar-refractivity contribution in [1.29, 1.82) is 0 Å². The second-order valence-corrected chi connectivity index (χ2v) is 4.68. The van der Waals surface area contributed by atoms with E-state index in [1.54, 1.807) is 12.1 Å². The summed E-state index contributed by atoms with van der Waals surface area (Å²) in [4.78, 5) is 9.09. The van der Waals surface area contributed by atoms with Crippen LogP contribution in [0.5, 0.6) is 0 Å². The van der Waals surface area contributed by atoms with Crippen molar-refractivity contribution >= 4 is 44.7 Å². The standard InChI is InChI=1S/C14H7ClN4/c15-8-5-6-11-12(7-8)16-13-9-3-1-2-4-10(9)18-19-14(13)17-11/h1-7H. The van der Waals surface area contributed by atoms with Crippen molar-refractivity contribution in [1.82, 2.24) is 20.2 Å². The summed E-state index contributed by atoms with van der Waals surface area (Å²) in [5.41, 5.74) is 3.64. The molecule has 5 heteroatoms. The molecular formula is C14H7ClN4. The van der Waals surface area contributed by atoms with Crippen LogP contribution in [-0.2, 0) is 0 Å². The van der Waals surface area contributed by atoms with Crippen LogP contribution in [0.4, 0.5) is 0 Å². The summed E-state index contributed by atoms with van der Waals surface area (Å²) in [7, 11) is 0. The Kier molecular flexibility index (Phi) is 2.13. The molecule has 0 fully saturated rings. The number of hydrogen-bond donors (Lipinski definition) is 0. The van der Waals surface area contributed by atoms with Gasteiger partial charge in [0.05, 0.1) is 16.6 Å². The number of fused-ring (bicyclic) bond motifs is 4. The van der Waals surface area contributed by atoms with Crippen LogP contribution in [0.1, 0.15) is 0 Å².